The third-order valence-corrected chi connectivity index (χ3v) is 1.82. The van der Waals surface area contributed by atoms with E-state index < -0.39 is 0 Å². The highest BCUT2D eigenvalue weighted by Gasteiger charge is 2.15. The second-order valence-corrected chi connectivity index (χ2v) is 3.16. The lowest BCUT2D eigenvalue weighted by Gasteiger charge is -2.21. The maximum Gasteiger partial charge on any atom is 0.246 e. The number of nitrogens with zero attached hydrogens (tertiary/aromatic N) is 1. The van der Waals surface area contributed by atoms with Crippen molar-refractivity contribution in [3.63, 3.8) is 0 Å². The first kappa shape index (κ1) is 9.35. The van der Waals surface area contributed by atoms with E-state index in [1.54, 1.807) is 12.3 Å². The van der Waals surface area contributed by atoms with Crippen LogP contribution in [0.2, 0.25) is 0 Å². The number of hydrogen-bond acceptors (Lipinski definition) is 3. The summed E-state index contributed by atoms with van der Waals surface area (Å²) in [6.45, 7) is 2.86. The highest BCUT2D eigenvalue weighted by Crippen LogP contribution is 2.03. The lowest BCUT2D eigenvalue weighted by molar-refractivity contribution is -0.130. The van der Waals surface area contributed by atoms with E-state index in [9.17, 15) is 4.79 Å². The van der Waals surface area contributed by atoms with Gasteiger partial charge in [-0.15, -0.1) is 0 Å². The molecule has 0 bridgehead atoms. The maximum atomic E-state index is 11.2. The molecule has 0 spiro atoms. The number of amides is 1. The van der Waals surface area contributed by atoms with Crippen LogP contribution in [-0.4, -0.2) is 22.3 Å². The molecule has 0 fully saturated rings. The summed E-state index contributed by atoms with van der Waals surface area (Å²) in [5, 5.41) is 1.50. The molecule has 1 N–H and O–H groups in total. The molecule has 1 aliphatic heterocycles. The predicted octanol–water partition coefficient (Wildman–Crippen LogP) is 1.02. The van der Waals surface area contributed by atoms with Gasteiger partial charge in [0, 0.05) is 17.6 Å². The monoisotopic (exact) mass is 184 g/mol. The van der Waals surface area contributed by atoms with Crippen LogP contribution in [0, 0.1) is 0 Å². The topological polar surface area (TPSA) is 32.3 Å². The first-order valence-electron chi connectivity index (χ1n) is 4.00. The van der Waals surface area contributed by atoms with Crippen molar-refractivity contribution in [2.24, 2.45) is 0 Å². The highest BCUT2D eigenvalue weighted by atomic mass is 32.1. The molecule has 0 aromatic rings. The molecule has 0 atom stereocenters. The second kappa shape index (κ2) is 4.33. The smallest absolute Gasteiger partial charge is 0.246 e. The van der Waals surface area contributed by atoms with E-state index >= 15 is 0 Å². The van der Waals surface area contributed by atoms with Crippen LogP contribution in [0.3, 0.4) is 0 Å². The van der Waals surface area contributed by atoms with Crippen molar-refractivity contribution in [3.8, 4) is 0 Å². The van der Waals surface area contributed by atoms with Crippen molar-refractivity contribution >= 4 is 23.0 Å². The summed E-state index contributed by atoms with van der Waals surface area (Å²) in [7, 11) is 0. The van der Waals surface area contributed by atoms with E-state index in [1.165, 1.54) is 5.01 Å². The van der Waals surface area contributed by atoms with Crippen molar-refractivity contribution < 1.29 is 4.79 Å². The van der Waals surface area contributed by atoms with Gasteiger partial charge >= 0.3 is 0 Å². The van der Waals surface area contributed by atoms with Gasteiger partial charge in [0.1, 0.15) is 0 Å². The van der Waals surface area contributed by atoms with Gasteiger partial charge in [-0.05, 0) is 12.5 Å². The molecular weight excluding hydrogens is 172 g/mol. The van der Waals surface area contributed by atoms with Gasteiger partial charge in [0.05, 0.1) is 6.42 Å². The number of thiocarbonyl (C=S) groups is 1. The molecule has 0 radical (unpaired) electrons. The van der Waals surface area contributed by atoms with Crippen molar-refractivity contribution in [3.05, 3.63) is 12.3 Å². The molecule has 66 valence electrons. The fraction of sp³-hybridized carbons (Fsp3) is 0.500. The average molecular weight is 184 g/mol. The molecule has 1 heterocycles. The van der Waals surface area contributed by atoms with Crippen LogP contribution < -0.4 is 5.43 Å². The Hall–Kier alpha value is -0.740. The van der Waals surface area contributed by atoms with E-state index in [0.29, 0.717) is 11.3 Å². The minimum Gasteiger partial charge on any atom is -0.273 e. The van der Waals surface area contributed by atoms with Gasteiger partial charge in [-0.1, -0.05) is 19.1 Å². The third kappa shape index (κ3) is 2.39. The number of allylic oxidation sites excluding steroid dienone is 1. The summed E-state index contributed by atoms with van der Waals surface area (Å²) < 4.78 is 0. The SMILES string of the molecule is CCCNN1C=CC(=S)CC1=O. The van der Waals surface area contributed by atoms with Crippen molar-refractivity contribution in [1.82, 2.24) is 10.4 Å². The number of hydrazine groups is 1. The van der Waals surface area contributed by atoms with Crippen LogP contribution in [0.25, 0.3) is 0 Å². The van der Waals surface area contributed by atoms with Crippen LogP contribution in [0.15, 0.2) is 12.3 Å². The average Bonchev–Trinajstić information content (AvgIpc) is 2.03. The molecule has 0 saturated carbocycles. The molecule has 0 aromatic heterocycles. The van der Waals surface area contributed by atoms with Crippen LogP contribution >= 0.6 is 12.2 Å². The van der Waals surface area contributed by atoms with Crippen LogP contribution in [0.5, 0.6) is 0 Å². The predicted molar refractivity (Wildman–Crippen MR) is 51.5 cm³/mol. The molecule has 0 aromatic carbocycles. The number of nitrogens with one attached hydrogen (secondary N) is 1. The Morgan fingerprint density at radius 3 is 3.08 bits per heavy atom. The summed E-state index contributed by atoms with van der Waals surface area (Å²) in [5.74, 6) is 0.0240. The number of carbonyl (C=O) groups is 1. The van der Waals surface area contributed by atoms with Gasteiger partial charge in [-0.3, -0.25) is 9.80 Å². The zero-order valence-corrected chi connectivity index (χ0v) is 7.86. The minimum atomic E-state index is 0.0240. The Kier molecular flexibility index (Phi) is 3.37. The number of carbonyl (C=O) groups excluding carboxylic acids is 1. The van der Waals surface area contributed by atoms with Gasteiger partial charge in [0.2, 0.25) is 5.91 Å². The van der Waals surface area contributed by atoms with Gasteiger partial charge in [0.15, 0.2) is 0 Å². The second-order valence-electron chi connectivity index (χ2n) is 2.63. The van der Waals surface area contributed by atoms with Gasteiger partial charge in [-0.2, -0.15) is 0 Å². The summed E-state index contributed by atoms with van der Waals surface area (Å²) >= 11 is 4.89. The largest absolute Gasteiger partial charge is 0.273 e. The molecule has 3 nitrogen and oxygen atoms in total. The molecule has 12 heavy (non-hydrogen) atoms. The Bertz CT molecular complexity index is 225. The zero-order valence-electron chi connectivity index (χ0n) is 7.04. The molecule has 0 aliphatic carbocycles. The fourth-order valence-corrected chi connectivity index (χ4v) is 1.09. The zero-order chi connectivity index (χ0) is 8.97. The summed E-state index contributed by atoms with van der Waals surface area (Å²) in [6.07, 6.45) is 4.81. The van der Waals surface area contributed by atoms with Crippen LogP contribution in [0.1, 0.15) is 19.8 Å². The highest BCUT2D eigenvalue weighted by molar-refractivity contribution is 7.80. The Labute approximate surface area is 77.4 Å². The lowest BCUT2D eigenvalue weighted by Crippen LogP contribution is -2.41. The number of rotatable bonds is 3. The summed E-state index contributed by atoms with van der Waals surface area (Å²) in [5.41, 5.74) is 2.98. The summed E-state index contributed by atoms with van der Waals surface area (Å²) in [4.78, 5) is 11.9. The van der Waals surface area contributed by atoms with Crippen LogP contribution in [0.4, 0.5) is 0 Å². The van der Waals surface area contributed by atoms with Crippen molar-refractivity contribution in [2.45, 2.75) is 19.8 Å². The Balaban J connectivity index is 2.48. The van der Waals surface area contributed by atoms with Gasteiger partial charge < -0.3 is 0 Å². The molecule has 0 saturated heterocycles. The molecular formula is C8H12N2OS. The van der Waals surface area contributed by atoms with E-state index in [2.05, 4.69) is 12.3 Å². The minimum absolute atomic E-state index is 0.0240. The number of hydrogen-bond donors (Lipinski definition) is 1. The van der Waals surface area contributed by atoms with E-state index in [-0.39, 0.29) is 5.91 Å². The lowest BCUT2D eigenvalue weighted by atomic mass is 10.2. The Morgan fingerprint density at radius 2 is 2.50 bits per heavy atom. The molecule has 1 amide bonds. The van der Waals surface area contributed by atoms with Crippen LogP contribution in [-0.2, 0) is 4.79 Å². The standard InChI is InChI=1S/C8H12N2OS/c1-2-4-9-10-5-3-7(12)6-8(10)11/h3,5,9H,2,4,6H2,1H3. The van der Waals surface area contributed by atoms with Crippen molar-refractivity contribution in [1.29, 1.82) is 0 Å². The maximum absolute atomic E-state index is 11.2. The van der Waals surface area contributed by atoms with E-state index in [0.717, 1.165) is 13.0 Å². The van der Waals surface area contributed by atoms with Gasteiger partial charge in [-0.25, -0.2) is 5.43 Å². The molecule has 4 heteroatoms. The third-order valence-electron chi connectivity index (χ3n) is 1.54. The molecule has 0 unspecified atom stereocenters. The first-order chi connectivity index (χ1) is 5.74. The normalized spacial score (nSPS) is 17.2. The van der Waals surface area contributed by atoms with E-state index in [4.69, 9.17) is 12.2 Å². The molecule has 1 rings (SSSR count). The van der Waals surface area contributed by atoms with Gasteiger partial charge in [0.25, 0.3) is 0 Å². The fourth-order valence-electron chi connectivity index (χ4n) is 0.907. The van der Waals surface area contributed by atoms with Crippen molar-refractivity contribution in [2.75, 3.05) is 6.54 Å². The first-order valence-corrected chi connectivity index (χ1v) is 4.41. The molecule has 1 aliphatic rings. The Morgan fingerprint density at radius 1 is 1.75 bits per heavy atom. The summed E-state index contributed by atoms with van der Waals surface area (Å²) in [6, 6.07) is 0. The van der Waals surface area contributed by atoms with E-state index in [1.807, 2.05) is 0 Å². The quantitative estimate of drug-likeness (QED) is 0.665.